The summed E-state index contributed by atoms with van der Waals surface area (Å²) in [6.45, 7) is 2.49. The number of nitrogens with zero attached hydrogens (tertiary/aromatic N) is 1. The summed E-state index contributed by atoms with van der Waals surface area (Å²) in [5.74, 6) is -0.329. The van der Waals surface area contributed by atoms with Crippen LogP contribution < -0.4 is 10.6 Å². The second-order valence-corrected chi connectivity index (χ2v) is 6.02. The molecular formula is C17H22N4O3. The molecule has 7 nitrogen and oxygen atoms in total. The maximum Gasteiger partial charge on any atom is 0.340 e. The van der Waals surface area contributed by atoms with Gasteiger partial charge in [0.05, 0.1) is 17.3 Å². The molecule has 2 aromatic rings. The number of esters is 1. The Kier molecular flexibility index (Phi) is 4.98. The molecule has 7 heteroatoms. The number of carbonyl (C=O) groups is 2. The van der Waals surface area contributed by atoms with Crippen molar-refractivity contribution in [2.45, 2.75) is 44.8 Å². The highest BCUT2D eigenvalue weighted by atomic mass is 16.5. The minimum Gasteiger partial charge on any atom is -0.459 e. The molecule has 2 amide bonds. The topological polar surface area (TPSA) is 96.1 Å². The maximum atomic E-state index is 12.4. The first kappa shape index (κ1) is 16.3. The summed E-state index contributed by atoms with van der Waals surface area (Å²) in [6, 6.07) is 5.46. The molecule has 1 fully saturated rings. The number of ether oxygens (including phenoxy) is 1. The number of amides is 2. The van der Waals surface area contributed by atoms with Crippen molar-refractivity contribution in [2.75, 3.05) is 6.54 Å². The fraction of sp³-hybridized carbons (Fsp3) is 0.471. The van der Waals surface area contributed by atoms with E-state index in [4.69, 9.17) is 4.74 Å². The number of aromatic nitrogens is 2. The van der Waals surface area contributed by atoms with Crippen LogP contribution >= 0.6 is 0 Å². The first-order valence-electron chi connectivity index (χ1n) is 8.34. The Morgan fingerprint density at radius 2 is 2.08 bits per heavy atom. The fourth-order valence-electron chi connectivity index (χ4n) is 3.08. The van der Waals surface area contributed by atoms with Crippen molar-refractivity contribution >= 4 is 22.9 Å². The smallest absolute Gasteiger partial charge is 0.340 e. The zero-order valence-electron chi connectivity index (χ0n) is 13.7. The van der Waals surface area contributed by atoms with Crippen LogP contribution in [0.2, 0.25) is 0 Å². The van der Waals surface area contributed by atoms with E-state index in [0.717, 1.165) is 31.1 Å². The number of hydrogen-bond donors (Lipinski definition) is 3. The largest absolute Gasteiger partial charge is 0.459 e. The number of carbonyl (C=O) groups excluding carboxylic acids is 2. The number of nitrogens with one attached hydrogen (secondary N) is 3. The first-order chi connectivity index (χ1) is 11.7. The standard InChI is InChI=1S/C17H22N4O3/c1-2-18-17(23)20-12-6-8-13(9-7-12)24-16(22)14-5-3-4-11-10-19-21-15(11)14/h3-5,10,12-13H,2,6-9H2,1H3,(H,19,21)(H2,18,20,23). The predicted molar refractivity (Wildman–Crippen MR) is 89.8 cm³/mol. The summed E-state index contributed by atoms with van der Waals surface area (Å²) in [6.07, 6.45) is 4.70. The van der Waals surface area contributed by atoms with Gasteiger partial charge in [0.25, 0.3) is 0 Å². The summed E-state index contributed by atoms with van der Waals surface area (Å²) in [7, 11) is 0. The number of hydrogen-bond acceptors (Lipinski definition) is 4. The van der Waals surface area contributed by atoms with Gasteiger partial charge in [0.2, 0.25) is 0 Å². The van der Waals surface area contributed by atoms with Gasteiger partial charge >= 0.3 is 12.0 Å². The zero-order chi connectivity index (χ0) is 16.9. The summed E-state index contributed by atoms with van der Waals surface area (Å²) in [5.41, 5.74) is 1.21. The second kappa shape index (κ2) is 7.33. The van der Waals surface area contributed by atoms with Crippen LogP contribution in [0.1, 0.15) is 43.0 Å². The van der Waals surface area contributed by atoms with Gasteiger partial charge in [-0.2, -0.15) is 5.10 Å². The van der Waals surface area contributed by atoms with Gasteiger partial charge < -0.3 is 15.4 Å². The molecule has 3 N–H and O–H groups in total. The first-order valence-corrected chi connectivity index (χ1v) is 8.34. The number of benzene rings is 1. The lowest BCUT2D eigenvalue weighted by Crippen LogP contribution is -2.44. The molecule has 0 aliphatic heterocycles. The van der Waals surface area contributed by atoms with Crippen molar-refractivity contribution < 1.29 is 14.3 Å². The molecule has 1 aliphatic rings. The van der Waals surface area contributed by atoms with Crippen molar-refractivity contribution in [1.82, 2.24) is 20.8 Å². The summed E-state index contributed by atoms with van der Waals surface area (Å²) in [4.78, 5) is 24.0. The van der Waals surface area contributed by atoms with E-state index >= 15 is 0 Å². The molecule has 0 radical (unpaired) electrons. The van der Waals surface area contributed by atoms with E-state index < -0.39 is 0 Å². The SMILES string of the molecule is CCNC(=O)NC1CCC(OC(=O)c2cccc3cn[nH]c23)CC1. The average molecular weight is 330 g/mol. The molecule has 0 unspecified atom stereocenters. The van der Waals surface area contributed by atoms with Gasteiger partial charge in [-0.1, -0.05) is 12.1 Å². The van der Waals surface area contributed by atoms with Crippen molar-refractivity contribution in [3.63, 3.8) is 0 Å². The van der Waals surface area contributed by atoms with Crippen LogP contribution in [-0.4, -0.2) is 40.9 Å². The maximum absolute atomic E-state index is 12.4. The third kappa shape index (κ3) is 3.67. The Hall–Kier alpha value is -2.57. The molecule has 1 aliphatic carbocycles. The molecule has 24 heavy (non-hydrogen) atoms. The van der Waals surface area contributed by atoms with Crippen LogP contribution in [0.25, 0.3) is 10.9 Å². The monoisotopic (exact) mass is 330 g/mol. The number of aromatic amines is 1. The lowest BCUT2D eigenvalue weighted by molar-refractivity contribution is 0.0190. The fourth-order valence-corrected chi connectivity index (χ4v) is 3.08. The Labute approximate surface area is 140 Å². The Morgan fingerprint density at radius 3 is 2.83 bits per heavy atom. The number of urea groups is 1. The van der Waals surface area contributed by atoms with Crippen LogP contribution in [0.15, 0.2) is 24.4 Å². The Bertz CT molecular complexity index is 719. The van der Waals surface area contributed by atoms with Gasteiger partial charge in [-0.05, 0) is 38.7 Å². The van der Waals surface area contributed by atoms with E-state index in [-0.39, 0.29) is 24.1 Å². The van der Waals surface area contributed by atoms with Crippen molar-refractivity contribution in [1.29, 1.82) is 0 Å². The van der Waals surface area contributed by atoms with Crippen LogP contribution in [0.3, 0.4) is 0 Å². The molecule has 1 saturated carbocycles. The highest BCUT2D eigenvalue weighted by Gasteiger charge is 2.26. The van der Waals surface area contributed by atoms with E-state index in [1.165, 1.54) is 0 Å². The van der Waals surface area contributed by atoms with Crippen molar-refractivity contribution in [2.24, 2.45) is 0 Å². The molecule has 1 aromatic heterocycles. The average Bonchev–Trinajstić information content (AvgIpc) is 3.05. The molecule has 0 atom stereocenters. The van der Waals surface area contributed by atoms with Gasteiger partial charge in [-0.15, -0.1) is 0 Å². The van der Waals surface area contributed by atoms with Crippen LogP contribution in [0.5, 0.6) is 0 Å². The van der Waals surface area contributed by atoms with Crippen LogP contribution in [-0.2, 0) is 4.74 Å². The Morgan fingerprint density at radius 1 is 1.29 bits per heavy atom. The Balaban J connectivity index is 1.53. The minimum atomic E-state index is -0.329. The van der Waals surface area contributed by atoms with E-state index in [9.17, 15) is 9.59 Å². The van der Waals surface area contributed by atoms with Gasteiger partial charge in [-0.3, -0.25) is 5.10 Å². The van der Waals surface area contributed by atoms with E-state index in [2.05, 4.69) is 20.8 Å². The number of para-hydroxylation sites is 1. The van der Waals surface area contributed by atoms with E-state index in [1.807, 2.05) is 19.1 Å². The number of fused-ring (bicyclic) bond motifs is 1. The third-order valence-corrected chi connectivity index (χ3v) is 4.32. The molecule has 128 valence electrons. The lowest BCUT2D eigenvalue weighted by atomic mass is 9.93. The van der Waals surface area contributed by atoms with Crippen LogP contribution in [0, 0.1) is 0 Å². The van der Waals surface area contributed by atoms with Gasteiger partial charge in [-0.25, -0.2) is 9.59 Å². The second-order valence-electron chi connectivity index (χ2n) is 6.02. The molecule has 1 aromatic carbocycles. The molecule has 3 rings (SSSR count). The van der Waals surface area contributed by atoms with Crippen molar-refractivity contribution in [3.8, 4) is 0 Å². The molecular weight excluding hydrogens is 308 g/mol. The lowest BCUT2D eigenvalue weighted by Gasteiger charge is -2.28. The van der Waals surface area contributed by atoms with Gasteiger partial charge in [0, 0.05) is 18.0 Å². The third-order valence-electron chi connectivity index (χ3n) is 4.32. The van der Waals surface area contributed by atoms with Crippen molar-refractivity contribution in [3.05, 3.63) is 30.0 Å². The quantitative estimate of drug-likeness (QED) is 0.750. The number of rotatable bonds is 4. The highest BCUT2D eigenvalue weighted by molar-refractivity contribution is 6.02. The normalized spacial score (nSPS) is 20.5. The molecule has 0 spiro atoms. The predicted octanol–water partition coefficient (Wildman–Crippen LogP) is 2.35. The van der Waals surface area contributed by atoms with Crippen LogP contribution in [0.4, 0.5) is 4.79 Å². The molecule has 0 saturated heterocycles. The molecule has 0 bridgehead atoms. The van der Waals surface area contributed by atoms with E-state index in [1.54, 1.807) is 12.3 Å². The summed E-state index contributed by atoms with van der Waals surface area (Å²) in [5, 5.41) is 13.4. The zero-order valence-corrected chi connectivity index (χ0v) is 13.7. The van der Waals surface area contributed by atoms with Gasteiger partial charge in [0.15, 0.2) is 0 Å². The van der Waals surface area contributed by atoms with Gasteiger partial charge in [0.1, 0.15) is 6.10 Å². The van der Waals surface area contributed by atoms with E-state index in [0.29, 0.717) is 17.6 Å². The number of H-pyrrole nitrogens is 1. The highest BCUT2D eigenvalue weighted by Crippen LogP contribution is 2.24. The minimum absolute atomic E-state index is 0.108. The molecule has 1 heterocycles. The summed E-state index contributed by atoms with van der Waals surface area (Å²) < 4.78 is 5.64. The summed E-state index contributed by atoms with van der Waals surface area (Å²) >= 11 is 0.